The van der Waals surface area contributed by atoms with Crippen molar-refractivity contribution in [3.63, 3.8) is 0 Å². The Kier molecular flexibility index (Phi) is 21.7. The average molecular weight is 363 g/mol. The summed E-state index contributed by atoms with van der Waals surface area (Å²) in [5, 5.41) is 25.3. The molecule has 1 atom stereocenters. The minimum Gasteiger partial charge on any atom is -0.481 e. The van der Waals surface area contributed by atoms with E-state index in [4.69, 9.17) is 26.8 Å². The van der Waals surface area contributed by atoms with Gasteiger partial charge in [0.15, 0.2) is 0 Å². The number of hydrogen-bond acceptors (Lipinski definition) is 5. The summed E-state index contributed by atoms with van der Waals surface area (Å²) in [5.41, 5.74) is 10.4. The van der Waals surface area contributed by atoms with Gasteiger partial charge in [-0.2, -0.15) is 0 Å². The summed E-state index contributed by atoms with van der Waals surface area (Å²) in [6, 6.07) is -0.716. The highest BCUT2D eigenvalue weighted by Gasteiger charge is 2.09. The van der Waals surface area contributed by atoms with Gasteiger partial charge in [0.05, 0.1) is 0 Å². The highest BCUT2D eigenvalue weighted by molar-refractivity contribution is 5.72. The fourth-order valence-corrected chi connectivity index (χ4v) is 2.26. The zero-order valence-corrected chi connectivity index (χ0v) is 15.5. The Hall–Kier alpha value is -1.18. The molecule has 0 aliphatic carbocycles. The predicted molar refractivity (Wildman–Crippen MR) is 99.4 cm³/mol. The second-order valence-corrected chi connectivity index (χ2v) is 6.28. The normalized spacial score (nSPS) is 11.5. The molecule has 0 aromatic heterocycles. The van der Waals surface area contributed by atoms with Gasteiger partial charge in [-0.3, -0.25) is 9.59 Å². The largest absolute Gasteiger partial charge is 0.481 e. The highest BCUT2D eigenvalue weighted by atomic mass is 16.4. The second-order valence-electron chi connectivity index (χ2n) is 6.28. The molecule has 0 heterocycles. The van der Waals surface area contributed by atoms with Gasteiger partial charge in [-0.15, -0.1) is 0 Å². The molecule has 0 radical (unpaired) electrons. The first kappa shape index (κ1) is 26.1. The van der Waals surface area contributed by atoms with Crippen molar-refractivity contribution in [1.29, 1.82) is 0 Å². The maximum Gasteiger partial charge on any atom is 0.320 e. The summed E-state index contributed by atoms with van der Waals surface area (Å²) in [6.07, 6.45) is 12.5. The maximum atomic E-state index is 10.2. The number of carboxylic acids is 2. The molecule has 0 saturated carbocycles. The van der Waals surface area contributed by atoms with Crippen LogP contribution in [0.25, 0.3) is 0 Å². The summed E-state index contributed by atoms with van der Waals surface area (Å²) < 4.78 is 0. The number of aliphatic hydroxyl groups excluding tert-OH is 1. The molecule has 7 nitrogen and oxygen atoms in total. The summed E-state index contributed by atoms with van der Waals surface area (Å²) in [4.78, 5) is 20.4. The Balaban J connectivity index is 0. The van der Waals surface area contributed by atoms with E-state index in [1.54, 1.807) is 0 Å². The first-order chi connectivity index (χ1) is 12.0. The number of unbranched alkanes of at least 4 members (excludes halogenated alkanes) is 9. The van der Waals surface area contributed by atoms with Gasteiger partial charge in [0.2, 0.25) is 0 Å². The van der Waals surface area contributed by atoms with Crippen LogP contribution in [0.4, 0.5) is 0 Å². The van der Waals surface area contributed by atoms with Crippen LogP contribution in [0.15, 0.2) is 0 Å². The van der Waals surface area contributed by atoms with E-state index in [0.717, 1.165) is 44.9 Å². The van der Waals surface area contributed by atoms with Crippen LogP contribution >= 0.6 is 0 Å². The number of carbonyl (C=O) groups is 2. The van der Waals surface area contributed by atoms with E-state index in [0.29, 0.717) is 26.0 Å². The Morgan fingerprint density at radius 1 is 0.760 bits per heavy atom. The molecule has 0 saturated heterocycles. The lowest BCUT2D eigenvalue weighted by Gasteiger charge is -2.03. The van der Waals surface area contributed by atoms with E-state index in [1.165, 1.54) is 25.7 Å². The van der Waals surface area contributed by atoms with E-state index >= 15 is 0 Å². The quantitative estimate of drug-likeness (QED) is 0.265. The standard InChI is InChI=1S/C12H24O3.C6H14N2O2/c13-11-9-7-5-3-1-2-4-6-8-10-12(14)15;7-4-2-1-3-5(8)6(9)10/h13H,1-11H2,(H,14,15);5H,1-4,7-8H2,(H,9,10)/t;5-/m.0/s1. The van der Waals surface area contributed by atoms with Gasteiger partial charge in [0, 0.05) is 13.0 Å². The number of hydrogen-bond donors (Lipinski definition) is 5. The predicted octanol–water partition coefficient (Wildman–Crippen LogP) is 2.49. The third-order valence-corrected chi connectivity index (χ3v) is 3.84. The Morgan fingerprint density at radius 2 is 1.24 bits per heavy atom. The molecule has 0 aromatic carbocycles. The van der Waals surface area contributed by atoms with E-state index in [-0.39, 0.29) is 0 Å². The topological polar surface area (TPSA) is 147 Å². The van der Waals surface area contributed by atoms with Crippen LogP contribution in [0.5, 0.6) is 0 Å². The molecular formula is C18H38N2O5. The first-order valence-corrected chi connectivity index (χ1v) is 9.46. The molecule has 25 heavy (non-hydrogen) atoms. The van der Waals surface area contributed by atoms with Gasteiger partial charge in [0.25, 0.3) is 0 Å². The Bertz CT molecular complexity index is 314. The van der Waals surface area contributed by atoms with Crippen molar-refractivity contribution in [2.75, 3.05) is 13.2 Å². The van der Waals surface area contributed by atoms with Crippen molar-refractivity contribution in [3.05, 3.63) is 0 Å². The SMILES string of the molecule is NCCCC[C@H](N)C(=O)O.O=C(O)CCCCCCCCCCCO. The molecule has 150 valence electrons. The Morgan fingerprint density at radius 3 is 1.64 bits per heavy atom. The van der Waals surface area contributed by atoms with Crippen molar-refractivity contribution in [1.82, 2.24) is 0 Å². The van der Waals surface area contributed by atoms with Crippen LogP contribution in [0.2, 0.25) is 0 Å². The van der Waals surface area contributed by atoms with E-state index in [1.807, 2.05) is 0 Å². The van der Waals surface area contributed by atoms with Crippen molar-refractivity contribution in [3.8, 4) is 0 Å². The van der Waals surface area contributed by atoms with Gasteiger partial charge >= 0.3 is 11.9 Å². The zero-order chi connectivity index (χ0) is 19.3. The molecule has 0 amide bonds. The second kappa shape index (κ2) is 20.9. The summed E-state index contributed by atoms with van der Waals surface area (Å²) in [7, 11) is 0. The molecule has 7 N–H and O–H groups in total. The molecule has 0 rings (SSSR count). The maximum absolute atomic E-state index is 10.2. The molecule has 0 fully saturated rings. The molecule has 0 unspecified atom stereocenters. The lowest BCUT2D eigenvalue weighted by atomic mass is 10.1. The van der Waals surface area contributed by atoms with Crippen molar-refractivity contribution >= 4 is 11.9 Å². The first-order valence-electron chi connectivity index (χ1n) is 9.46. The van der Waals surface area contributed by atoms with Crippen LogP contribution in [0.3, 0.4) is 0 Å². The molecule has 0 spiro atoms. The number of aliphatic carboxylic acids is 2. The van der Waals surface area contributed by atoms with E-state index < -0.39 is 18.0 Å². The summed E-state index contributed by atoms with van der Waals surface area (Å²) in [6.45, 7) is 0.918. The van der Waals surface area contributed by atoms with Crippen LogP contribution in [0, 0.1) is 0 Å². The van der Waals surface area contributed by atoms with Crippen LogP contribution in [0.1, 0.15) is 83.5 Å². The molecule has 0 bridgehead atoms. The number of nitrogens with two attached hydrogens (primary N) is 2. The average Bonchev–Trinajstić information content (AvgIpc) is 2.57. The number of carboxylic acid groups (broad SMARTS) is 2. The third-order valence-electron chi connectivity index (χ3n) is 3.84. The number of rotatable bonds is 16. The lowest BCUT2D eigenvalue weighted by Crippen LogP contribution is -2.29. The van der Waals surface area contributed by atoms with Gasteiger partial charge < -0.3 is 26.8 Å². The molecular weight excluding hydrogens is 324 g/mol. The van der Waals surface area contributed by atoms with Crippen LogP contribution < -0.4 is 11.5 Å². The molecule has 7 heteroatoms. The fourth-order valence-electron chi connectivity index (χ4n) is 2.26. The van der Waals surface area contributed by atoms with Gasteiger partial charge in [-0.25, -0.2) is 0 Å². The minimum atomic E-state index is -0.933. The van der Waals surface area contributed by atoms with E-state index in [9.17, 15) is 9.59 Å². The highest BCUT2D eigenvalue weighted by Crippen LogP contribution is 2.10. The zero-order valence-electron chi connectivity index (χ0n) is 15.5. The van der Waals surface area contributed by atoms with Crippen LogP contribution in [-0.2, 0) is 9.59 Å². The van der Waals surface area contributed by atoms with Crippen LogP contribution in [-0.4, -0.2) is 46.5 Å². The van der Waals surface area contributed by atoms with Crippen molar-refractivity contribution in [2.45, 2.75) is 89.5 Å². The minimum absolute atomic E-state index is 0.315. The lowest BCUT2D eigenvalue weighted by molar-refractivity contribution is -0.139. The van der Waals surface area contributed by atoms with Gasteiger partial charge in [-0.1, -0.05) is 51.4 Å². The summed E-state index contributed by atoms with van der Waals surface area (Å²) >= 11 is 0. The molecule has 0 aliphatic rings. The Labute approximate surface area is 151 Å². The fraction of sp³-hybridized carbons (Fsp3) is 0.889. The van der Waals surface area contributed by atoms with Crippen molar-refractivity contribution < 1.29 is 24.9 Å². The third kappa shape index (κ3) is 25.2. The summed E-state index contributed by atoms with van der Waals surface area (Å²) in [5.74, 6) is -1.61. The van der Waals surface area contributed by atoms with Gasteiger partial charge in [-0.05, 0) is 32.2 Å². The molecule has 0 aromatic rings. The smallest absolute Gasteiger partial charge is 0.320 e. The van der Waals surface area contributed by atoms with E-state index in [2.05, 4.69) is 0 Å². The molecule has 0 aliphatic heterocycles. The number of aliphatic hydroxyl groups is 1. The van der Waals surface area contributed by atoms with Gasteiger partial charge in [0.1, 0.15) is 6.04 Å². The monoisotopic (exact) mass is 362 g/mol. The van der Waals surface area contributed by atoms with Crippen molar-refractivity contribution in [2.24, 2.45) is 11.5 Å².